The number of ether oxygens (including phenoxy) is 2. The zero-order chi connectivity index (χ0) is 20.9. The first-order chi connectivity index (χ1) is 14.7. The molecule has 0 aliphatic carbocycles. The maximum atomic E-state index is 13.1. The third-order valence-corrected chi connectivity index (χ3v) is 6.88. The van der Waals surface area contributed by atoms with E-state index in [1.54, 1.807) is 22.3 Å². The van der Waals surface area contributed by atoms with Crippen LogP contribution < -0.4 is 14.4 Å². The van der Waals surface area contributed by atoms with Crippen molar-refractivity contribution in [2.24, 2.45) is 0 Å². The molecule has 158 valence electrons. The summed E-state index contributed by atoms with van der Waals surface area (Å²) in [5.74, 6) is 1.39. The highest BCUT2D eigenvalue weighted by atomic mass is 32.1. The Labute approximate surface area is 184 Å². The molecule has 3 aromatic rings. The highest BCUT2D eigenvalue weighted by Gasteiger charge is 2.21. The van der Waals surface area contributed by atoms with Crippen molar-refractivity contribution in [1.82, 2.24) is 9.88 Å². The van der Waals surface area contributed by atoms with Gasteiger partial charge in [-0.3, -0.25) is 9.69 Å². The lowest BCUT2D eigenvalue weighted by atomic mass is 10.3. The number of rotatable bonds is 8. The quantitative estimate of drug-likeness (QED) is 0.479. The van der Waals surface area contributed by atoms with Gasteiger partial charge in [0.25, 0.3) is 5.91 Å². The standard InChI is InChI=1S/C22H25N3O3S2/c1-3-24(4-2)9-10-25(21(26)8-7-16-6-5-13-29-16)22-23-17-14-18-19(15-20(17)30-22)28-12-11-27-18/h5-8,13-15H,3-4,9-12H2,1-2H3. The molecule has 1 aromatic carbocycles. The number of carbonyl (C=O) groups excluding carboxylic acids is 1. The number of nitrogens with zero attached hydrogens (tertiary/aromatic N) is 3. The molecule has 1 aliphatic rings. The maximum Gasteiger partial charge on any atom is 0.252 e. The lowest BCUT2D eigenvalue weighted by Gasteiger charge is -2.23. The van der Waals surface area contributed by atoms with Crippen LogP contribution in [0.4, 0.5) is 5.13 Å². The molecule has 0 fully saturated rings. The van der Waals surface area contributed by atoms with Crippen molar-refractivity contribution in [1.29, 1.82) is 0 Å². The minimum Gasteiger partial charge on any atom is -0.486 e. The van der Waals surface area contributed by atoms with Gasteiger partial charge in [0.05, 0.1) is 10.2 Å². The Hall–Kier alpha value is -2.42. The molecule has 0 unspecified atom stereocenters. The van der Waals surface area contributed by atoms with Gasteiger partial charge in [0.1, 0.15) is 13.2 Å². The van der Waals surface area contributed by atoms with E-state index in [0.717, 1.165) is 40.5 Å². The van der Waals surface area contributed by atoms with Gasteiger partial charge in [0.2, 0.25) is 0 Å². The number of anilines is 1. The second-order valence-corrected chi connectivity index (χ2v) is 8.81. The number of amides is 1. The van der Waals surface area contributed by atoms with Crippen LogP contribution in [-0.2, 0) is 4.79 Å². The molecule has 2 aromatic heterocycles. The van der Waals surface area contributed by atoms with Crippen molar-refractivity contribution in [2.45, 2.75) is 13.8 Å². The van der Waals surface area contributed by atoms with E-state index in [4.69, 9.17) is 14.5 Å². The van der Waals surface area contributed by atoms with Gasteiger partial charge in [-0.15, -0.1) is 11.3 Å². The summed E-state index contributed by atoms with van der Waals surface area (Å²) < 4.78 is 12.4. The zero-order valence-electron chi connectivity index (χ0n) is 17.2. The van der Waals surface area contributed by atoms with Gasteiger partial charge in [-0.05, 0) is 30.6 Å². The number of hydrogen-bond donors (Lipinski definition) is 0. The number of benzene rings is 1. The molecular formula is C22H25N3O3S2. The number of likely N-dealkylation sites (N-methyl/N-ethyl adjacent to an activating group) is 1. The molecule has 3 heterocycles. The third kappa shape index (κ3) is 4.66. The molecular weight excluding hydrogens is 418 g/mol. The predicted octanol–water partition coefficient (Wildman–Crippen LogP) is 4.52. The average molecular weight is 444 g/mol. The van der Waals surface area contributed by atoms with Crippen LogP contribution in [0.5, 0.6) is 11.5 Å². The van der Waals surface area contributed by atoms with E-state index in [-0.39, 0.29) is 5.91 Å². The lowest BCUT2D eigenvalue weighted by molar-refractivity contribution is -0.114. The van der Waals surface area contributed by atoms with Gasteiger partial charge in [-0.1, -0.05) is 31.3 Å². The van der Waals surface area contributed by atoms with E-state index in [2.05, 4.69) is 18.7 Å². The Kier molecular flexibility index (Phi) is 6.66. The number of thiazole rings is 1. The molecule has 8 heteroatoms. The zero-order valence-corrected chi connectivity index (χ0v) is 18.8. The number of hydrogen-bond acceptors (Lipinski definition) is 7. The molecule has 6 nitrogen and oxygen atoms in total. The Balaban J connectivity index is 1.62. The van der Waals surface area contributed by atoms with Crippen LogP contribution in [0.25, 0.3) is 16.3 Å². The fraction of sp³-hybridized carbons (Fsp3) is 0.364. The number of carbonyl (C=O) groups is 1. The van der Waals surface area contributed by atoms with E-state index in [1.165, 1.54) is 11.3 Å². The Morgan fingerprint density at radius 2 is 1.93 bits per heavy atom. The van der Waals surface area contributed by atoms with E-state index in [0.29, 0.717) is 30.6 Å². The lowest BCUT2D eigenvalue weighted by Crippen LogP contribution is -2.38. The van der Waals surface area contributed by atoms with Crippen LogP contribution in [0.15, 0.2) is 35.7 Å². The van der Waals surface area contributed by atoms with E-state index >= 15 is 0 Å². The molecule has 0 radical (unpaired) electrons. The molecule has 0 spiro atoms. The van der Waals surface area contributed by atoms with Gasteiger partial charge in [-0.2, -0.15) is 0 Å². The average Bonchev–Trinajstić information content (AvgIpc) is 3.43. The first-order valence-electron chi connectivity index (χ1n) is 10.1. The summed E-state index contributed by atoms with van der Waals surface area (Å²) in [6.45, 7) is 8.63. The molecule has 30 heavy (non-hydrogen) atoms. The van der Waals surface area contributed by atoms with E-state index < -0.39 is 0 Å². The highest BCUT2D eigenvalue weighted by molar-refractivity contribution is 7.22. The molecule has 0 N–H and O–H groups in total. The second-order valence-electron chi connectivity index (χ2n) is 6.83. The third-order valence-electron chi connectivity index (χ3n) is 5.01. The molecule has 0 atom stereocenters. The van der Waals surface area contributed by atoms with Gasteiger partial charge >= 0.3 is 0 Å². The Morgan fingerprint density at radius 3 is 2.63 bits per heavy atom. The first-order valence-corrected chi connectivity index (χ1v) is 11.8. The summed E-state index contributed by atoms with van der Waals surface area (Å²) in [6.07, 6.45) is 3.50. The smallest absolute Gasteiger partial charge is 0.252 e. The Morgan fingerprint density at radius 1 is 1.17 bits per heavy atom. The summed E-state index contributed by atoms with van der Waals surface area (Å²) in [7, 11) is 0. The number of thiophene rings is 1. The van der Waals surface area contributed by atoms with Crippen LogP contribution >= 0.6 is 22.7 Å². The summed E-state index contributed by atoms with van der Waals surface area (Å²) in [6, 6.07) is 7.83. The van der Waals surface area contributed by atoms with Gasteiger partial charge in [-0.25, -0.2) is 4.98 Å². The minimum atomic E-state index is -0.0631. The molecule has 0 bridgehead atoms. The molecule has 4 rings (SSSR count). The van der Waals surface area contributed by atoms with E-state index in [1.807, 2.05) is 35.7 Å². The fourth-order valence-corrected chi connectivity index (χ4v) is 4.90. The number of aromatic nitrogens is 1. The Bertz CT molecular complexity index is 983. The minimum absolute atomic E-state index is 0.0631. The SMILES string of the molecule is CCN(CC)CCN(C(=O)C=Cc1cccs1)c1nc2cc3c(cc2s1)OCCO3. The highest BCUT2D eigenvalue weighted by Crippen LogP contribution is 2.38. The van der Waals surface area contributed by atoms with Gasteiger partial charge < -0.3 is 14.4 Å². The predicted molar refractivity (Wildman–Crippen MR) is 124 cm³/mol. The maximum absolute atomic E-state index is 13.1. The monoisotopic (exact) mass is 443 g/mol. The van der Waals surface area contributed by atoms with Crippen LogP contribution in [0.3, 0.4) is 0 Å². The largest absolute Gasteiger partial charge is 0.486 e. The van der Waals surface area contributed by atoms with Gasteiger partial charge in [0, 0.05) is 36.2 Å². The second kappa shape index (κ2) is 9.59. The molecule has 0 saturated carbocycles. The number of fused-ring (bicyclic) bond motifs is 2. The molecule has 1 amide bonds. The van der Waals surface area contributed by atoms with Gasteiger partial charge in [0.15, 0.2) is 16.6 Å². The van der Waals surface area contributed by atoms with Crippen LogP contribution in [0.1, 0.15) is 18.7 Å². The summed E-state index contributed by atoms with van der Waals surface area (Å²) in [5, 5.41) is 2.70. The molecule has 1 aliphatic heterocycles. The van der Waals surface area contributed by atoms with Crippen LogP contribution in [0, 0.1) is 0 Å². The van der Waals surface area contributed by atoms with Crippen molar-refractivity contribution in [2.75, 3.05) is 44.3 Å². The van der Waals surface area contributed by atoms with Crippen molar-refractivity contribution in [3.05, 3.63) is 40.6 Å². The van der Waals surface area contributed by atoms with Crippen LogP contribution in [-0.4, -0.2) is 55.2 Å². The van der Waals surface area contributed by atoms with Crippen molar-refractivity contribution >= 4 is 50.0 Å². The first kappa shape index (κ1) is 20.8. The fourth-order valence-electron chi connectivity index (χ4n) is 3.28. The van der Waals surface area contributed by atoms with Crippen molar-refractivity contribution in [3.8, 4) is 11.5 Å². The summed E-state index contributed by atoms with van der Waals surface area (Å²) in [5.41, 5.74) is 0.821. The normalized spacial score (nSPS) is 13.4. The van der Waals surface area contributed by atoms with Crippen molar-refractivity contribution in [3.63, 3.8) is 0 Å². The molecule has 0 saturated heterocycles. The topological polar surface area (TPSA) is 54.9 Å². The summed E-state index contributed by atoms with van der Waals surface area (Å²) in [4.78, 5) is 23.0. The van der Waals surface area contributed by atoms with E-state index in [9.17, 15) is 4.79 Å². The van der Waals surface area contributed by atoms with Crippen molar-refractivity contribution < 1.29 is 14.3 Å². The van der Waals surface area contributed by atoms with Crippen LogP contribution in [0.2, 0.25) is 0 Å². The summed E-state index contributed by atoms with van der Waals surface area (Å²) >= 11 is 3.11.